The van der Waals surface area contributed by atoms with Gasteiger partial charge in [-0.3, -0.25) is 4.79 Å². The highest BCUT2D eigenvalue weighted by Gasteiger charge is 2.15. The van der Waals surface area contributed by atoms with E-state index < -0.39 is 5.97 Å². The molecule has 7 nitrogen and oxygen atoms in total. The molecule has 2 heterocycles. The van der Waals surface area contributed by atoms with Gasteiger partial charge in [-0.1, -0.05) is 29.4 Å². The molecule has 0 spiro atoms. The summed E-state index contributed by atoms with van der Waals surface area (Å²) in [4.78, 5) is 16.4. The Hall–Kier alpha value is -3.61. The van der Waals surface area contributed by atoms with Crippen LogP contribution in [0.5, 0.6) is 5.75 Å². The first-order valence-corrected chi connectivity index (χ1v) is 8.33. The van der Waals surface area contributed by atoms with Gasteiger partial charge in [-0.15, -0.1) is 0 Å². The number of aryl methyl sites for hydroxylation is 1. The normalized spacial score (nSPS) is 11.0. The smallest absolute Gasteiger partial charge is 0.310 e. The van der Waals surface area contributed by atoms with E-state index in [1.807, 2.05) is 31.2 Å². The van der Waals surface area contributed by atoms with Crippen molar-refractivity contribution in [3.63, 3.8) is 0 Å². The fraction of sp³-hybridized carbons (Fsp3) is 0.150. The summed E-state index contributed by atoms with van der Waals surface area (Å²) in [5, 5.41) is 14.1. The second kappa shape index (κ2) is 6.95. The minimum Gasteiger partial charge on any atom is -0.508 e. The predicted molar refractivity (Wildman–Crippen MR) is 95.8 cm³/mol. The number of furan rings is 1. The van der Waals surface area contributed by atoms with Crippen LogP contribution in [-0.2, 0) is 22.6 Å². The van der Waals surface area contributed by atoms with E-state index in [4.69, 9.17) is 13.7 Å². The van der Waals surface area contributed by atoms with Crippen molar-refractivity contribution in [3.05, 3.63) is 65.7 Å². The van der Waals surface area contributed by atoms with Crippen LogP contribution in [0.1, 0.15) is 17.0 Å². The Morgan fingerprint density at radius 2 is 2.07 bits per heavy atom. The molecule has 0 fully saturated rings. The summed E-state index contributed by atoms with van der Waals surface area (Å²) in [6.45, 7) is 1.86. The van der Waals surface area contributed by atoms with Gasteiger partial charge in [0.2, 0.25) is 5.82 Å². The Balaban J connectivity index is 1.40. The summed E-state index contributed by atoms with van der Waals surface area (Å²) >= 11 is 0. The first-order chi connectivity index (χ1) is 13.1. The fourth-order valence-corrected chi connectivity index (χ4v) is 2.80. The van der Waals surface area contributed by atoms with Crippen LogP contribution in [0.4, 0.5) is 0 Å². The Kier molecular flexibility index (Phi) is 4.33. The SMILES string of the molecule is Cc1ccccc1-c1noc(COC(=O)Cc2coc3cc(O)ccc23)n1. The molecule has 0 radical (unpaired) electrons. The largest absolute Gasteiger partial charge is 0.508 e. The summed E-state index contributed by atoms with van der Waals surface area (Å²) < 4.78 is 15.7. The van der Waals surface area contributed by atoms with Gasteiger partial charge >= 0.3 is 5.97 Å². The second-order valence-corrected chi connectivity index (χ2v) is 6.11. The number of hydrogen-bond acceptors (Lipinski definition) is 7. The van der Waals surface area contributed by atoms with Gasteiger partial charge in [0.1, 0.15) is 11.3 Å². The van der Waals surface area contributed by atoms with E-state index in [2.05, 4.69) is 10.1 Å². The molecule has 0 bridgehead atoms. The van der Waals surface area contributed by atoms with Gasteiger partial charge in [0.05, 0.1) is 12.7 Å². The van der Waals surface area contributed by atoms with E-state index >= 15 is 0 Å². The lowest BCUT2D eigenvalue weighted by Gasteiger charge is -2.01. The van der Waals surface area contributed by atoms with Crippen molar-refractivity contribution in [2.75, 3.05) is 0 Å². The number of carbonyl (C=O) groups excluding carboxylic acids is 1. The van der Waals surface area contributed by atoms with E-state index in [1.54, 1.807) is 6.07 Å². The molecule has 2 aromatic carbocycles. The number of nitrogens with zero attached hydrogens (tertiary/aromatic N) is 2. The molecule has 0 atom stereocenters. The van der Waals surface area contributed by atoms with Crippen molar-refractivity contribution >= 4 is 16.9 Å². The molecule has 1 N–H and O–H groups in total. The van der Waals surface area contributed by atoms with Crippen LogP contribution < -0.4 is 0 Å². The number of rotatable bonds is 5. The van der Waals surface area contributed by atoms with Crippen LogP contribution in [0.25, 0.3) is 22.4 Å². The van der Waals surface area contributed by atoms with Gasteiger partial charge in [0.25, 0.3) is 5.89 Å². The highest BCUT2D eigenvalue weighted by atomic mass is 16.6. The van der Waals surface area contributed by atoms with Crippen LogP contribution in [-0.4, -0.2) is 21.2 Å². The van der Waals surface area contributed by atoms with E-state index in [9.17, 15) is 9.90 Å². The van der Waals surface area contributed by atoms with Crippen molar-refractivity contribution in [3.8, 4) is 17.1 Å². The molecular formula is C20H16N2O5. The summed E-state index contributed by atoms with van der Waals surface area (Å²) in [6.07, 6.45) is 1.52. The van der Waals surface area contributed by atoms with Gasteiger partial charge in [0, 0.05) is 22.6 Å². The number of esters is 1. The van der Waals surface area contributed by atoms with Gasteiger partial charge in [-0.25, -0.2) is 0 Å². The van der Waals surface area contributed by atoms with Crippen molar-refractivity contribution in [1.82, 2.24) is 10.1 Å². The van der Waals surface area contributed by atoms with Crippen LogP contribution >= 0.6 is 0 Å². The molecule has 0 saturated heterocycles. The lowest BCUT2D eigenvalue weighted by molar-refractivity contribution is -0.144. The number of phenolic OH excluding ortho intramolecular Hbond substituents is 1. The third-order valence-corrected chi connectivity index (χ3v) is 4.18. The Labute approximate surface area is 154 Å². The zero-order valence-corrected chi connectivity index (χ0v) is 14.5. The van der Waals surface area contributed by atoms with Crippen LogP contribution in [0, 0.1) is 6.92 Å². The van der Waals surface area contributed by atoms with Crippen molar-refractivity contribution in [2.45, 2.75) is 20.0 Å². The lowest BCUT2D eigenvalue weighted by atomic mass is 10.1. The Morgan fingerprint density at radius 1 is 1.22 bits per heavy atom. The molecule has 136 valence electrons. The number of aromatic nitrogens is 2. The van der Waals surface area contributed by atoms with Crippen LogP contribution in [0.2, 0.25) is 0 Å². The highest BCUT2D eigenvalue weighted by Crippen LogP contribution is 2.25. The minimum absolute atomic E-state index is 0.0383. The molecule has 4 aromatic rings. The quantitative estimate of drug-likeness (QED) is 0.538. The molecule has 2 aromatic heterocycles. The maximum atomic E-state index is 12.1. The first-order valence-electron chi connectivity index (χ1n) is 8.33. The van der Waals surface area contributed by atoms with Gasteiger partial charge in [-0.05, 0) is 24.6 Å². The molecule has 27 heavy (non-hydrogen) atoms. The first kappa shape index (κ1) is 16.8. The highest BCUT2D eigenvalue weighted by molar-refractivity contribution is 5.86. The molecule has 0 saturated carbocycles. The summed E-state index contributed by atoms with van der Waals surface area (Å²) in [5.74, 6) is 0.344. The maximum Gasteiger partial charge on any atom is 0.310 e. The Bertz CT molecular complexity index is 1110. The van der Waals surface area contributed by atoms with Gasteiger partial charge in [0.15, 0.2) is 6.61 Å². The van der Waals surface area contributed by atoms with E-state index in [0.717, 1.165) is 16.5 Å². The van der Waals surface area contributed by atoms with Crippen LogP contribution in [0.15, 0.2) is 57.7 Å². The third-order valence-electron chi connectivity index (χ3n) is 4.18. The van der Waals surface area contributed by atoms with Crippen molar-refractivity contribution in [2.24, 2.45) is 0 Å². The average Bonchev–Trinajstić information content (AvgIpc) is 3.27. The number of carbonyl (C=O) groups is 1. The minimum atomic E-state index is -0.443. The van der Waals surface area contributed by atoms with E-state index in [-0.39, 0.29) is 24.7 Å². The average molecular weight is 364 g/mol. The number of fused-ring (bicyclic) bond motifs is 1. The molecule has 0 unspecified atom stereocenters. The number of ether oxygens (including phenoxy) is 1. The number of aromatic hydroxyl groups is 1. The molecule has 0 aliphatic carbocycles. The standard InChI is InChI=1S/C20H16N2O5/c1-12-4-2-3-5-15(12)20-21-18(27-22-20)11-26-19(24)8-13-10-25-17-9-14(23)6-7-16(13)17/h2-7,9-10,23H,8,11H2,1H3. The lowest BCUT2D eigenvalue weighted by Crippen LogP contribution is -2.07. The van der Waals surface area contributed by atoms with Crippen molar-refractivity contribution in [1.29, 1.82) is 0 Å². The summed E-state index contributed by atoms with van der Waals surface area (Å²) in [5.41, 5.74) is 3.09. The molecule has 0 amide bonds. The number of hydrogen-bond donors (Lipinski definition) is 1. The second-order valence-electron chi connectivity index (χ2n) is 6.11. The maximum absolute atomic E-state index is 12.1. The predicted octanol–water partition coefficient (Wildman–Crippen LogP) is 3.78. The van der Waals surface area contributed by atoms with E-state index in [1.165, 1.54) is 18.4 Å². The van der Waals surface area contributed by atoms with Crippen LogP contribution in [0.3, 0.4) is 0 Å². The van der Waals surface area contributed by atoms with E-state index in [0.29, 0.717) is 17.0 Å². The van der Waals surface area contributed by atoms with Crippen molar-refractivity contribution < 1.29 is 23.6 Å². The molecule has 0 aliphatic heterocycles. The number of phenols is 1. The number of benzene rings is 2. The van der Waals surface area contributed by atoms with Gasteiger partial charge in [-0.2, -0.15) is 4.98 Å². The molecule has 0 aliphatic rings. The fourth-order valence-electron chi connectivity index (χ4n) is 2.80. The third kappa shape index (κ3) is 3.52. The molecule has 7 heteroatoms. The molecular weight excluding hydrogens is 348 g/mol. The topological polar surface area (TPSA) is 98.6 Å². The monoisotopic (exact) mass is 364 g/mol. The zero-order valence-electron chi connectivity index (χ0n) is 14.5. The Morgan fingerprint density at radius 3 is 2.93 bits per heavy atom. The van der Waals surface area contributed by atoms with Gasteiger partial charge < -0.3 is 18.8 Å². The summed E-state index contributed by atoms with van der Waals surface area (Å²) in [7, 11) is 0. The summed E-state index contributed by atoms with van der Waals surface area (Å²) in [6, 6.07) is 12.4. The molecule has 4 rings (SSSR count). The zero-order chi connectivity index (χ0) is 18.8.